The van der Waals surface area contributed by atoms with Crippen molar-refractivity contribution in [1.82, 2.24) is 4.90 Å². The first-order valence-corrected chi connectivity index (χ1v) is 7.59. The van der Waals surface area contributed by atoms with Gasteiger partial charge in [-0.3, -0.25) is 4.79 Å². The quantitative estimate of drug-likeness (QED) is 0.776. The van der Waals surface area contributed by atoms with Gasteiger partial charge in [-0.05, 0) is 42.3 Å². The van der Waals surface area contributed by atoms with Crippen molar-refractivity contribution in [3.05, 3.63) is 69.5 Å². The number of nitrogens with zero attached hydrogens (tertiary/aromatic N) is 1. The van der Waals surface area contributed by atoms with Crippen molar-refractivity contribution in [2.24, 2.45) is 0 Å². The molecule has 2 aromatic rings. The van der Waals surface area contributed by atoms with Crippen molar-refractivity contribution in [3.8, 4) is 0 Å². The summed E-state index contributed by atoms with van der Waals surface area (Å²) in [4.78, 5) is 14.0. The molecular formula is C17H16Cl2FNO. The predicted molar refractivity (Wildman–Crippen MR) is 87.8 cm³/mol. The maximum atomic E-state index is 12.9. The van der Waals surface area contributed by atoms with E-state index in [9.17, 15) is 9.18 Å². The molecule has 0 aromatic heterocycles. The first kappa shape index (κ1) is 16.8. The molecule has 0 aliphatic carbocycles. The third-order valence-electron chi connectivity index (χ3n) is 3.66. The Kier molecular flexibility index (Phi) is 5.43. The van der Waals surface area contributed by atoms with Gasteiger partial charge in [0.2, 0.25) is 5.91 Å². The molecule has 0 aliphatic rings. The number of likely N-dealkylation sites (N-methyl/N-ethyl adjacent to an activating group) is 1. The summed E-state index contributed by atoms with van der Waals surface area (Å²) in [5.74, 6) is -0.379. The molecule has 0 spiro atoms. The maximum Gasteiger partial charge on any atom is 0.227 e. The van der Waals surface area contributed by atoms with Crippen LogP contribution in [-0.2, 0) is 11.2 Å². The van der Waals surface area contributed by atoms with Crippen LogP contribution in [0, 0.1) is 5.82 Å². The lowest BCUT2D eigenvalue weighted by Gasteiger charge is -2.26. The van der Waals surface area contributed by atoms with Crippen LogP contribution >= 0.6 is 23.2 Å². The summed E-state index contributed by atoms with van der Waals surface area (Å²) in [5, 5.41) is 1.09. The summed E-state index contributed by atoms with van der Waals surface area (Å²) >= 11 is 12.1. The van der Waals surface area contributed by atoms with E-state index in [0.29, 0.717) is 10.0 Å². The van der Waals surface area contributed by atoms with E-state index in [2.05, 4.69) is 0 Å². The van der Waals surface area contributed by atoms with Crippen LogP contribution in [0.5, 0.6) is 0 Å². The monoisotopic (exact) mass is 339 g/mol. The maximum absolute atomic E-state index is 12.9. The molecule has 0 fully saturated rings. The minimum Gasteiger partial charge on any atom is -0.339 e. The van der Waals surface area contributed by atoms with Crippen LogP contribution in [0.1, 0.15) is 24.1 Å². The number of carbonyl (C=O) groups excluding carboxylic acids is 1. The summed E-state index contributed by atoms with van der Waals surface area (Å²) in [6, 6.07) is 11.0. The van der Waals surface area contributed by atoms with Crippen LogP contribution in [0.4, 0.5) is 4.39 Å². The smallest absolute Gasteiger partial charge is 0.227 e. The van der Waals surface area contributed by atoms with Gasteiger partial charge in [0.05, 0.1) is 12.5 Å². The van der Waals surface area contributed by atoms with E-state index < -0.39 is 0 Å². The van der Waals surface area contributed by atoms with E-state index in [1.54, 1.807) is 36.2 Å². The van der Waals surface area contributed by atoms with Gasteiger partial charge in [0, 0.05) is 17.1 Å². The first-order chi connectivity index (χ1) is 10.4. The Labute approximate surface area is 139 Å². The molecule has 0 bridgehead atoms. The number of halogens is 3. The number of carbonyl (C=O) groups is 1. The Bertz CT molecular complexity index is 673. The molecule has 1 unspecified atom stereocenters. The summed E-state index contributed by atoms with van der Waals surface area (Å²) in [6.45, 7) is 1.90. The number of hydrogen-bond acceptors (Lipinski definition) is 1. The Hall–Kier alpha value is -1.58. The van der Waals surface area contributed by atoms with E-state index in [1.165, 1.54) is 12.1 Å². The number of rotatable bonds is 4. The molecule has 2 nitrogen and oxygen atoms in total. The molecular weight excluding hydrogens is 324 g/mol. The Balaban J connectivity index is 2.10. The molecule has 0 saturated carbocycles. The molecule has 0 saturated heterocycles. The Morgan fingerprint density at radius 3 is 2.41 bits per heavy atom. The second-order valence-electron chi connectivity index (χ2n) is 5.15. The second kappa shape index (κ2) is 7.12. The number of benzene rings is 2. The summed E-state index contributed by atoms with van der Waals surface area (Å²) < 4.78 is 12.9. The van der Waals surface area contributed by atoms with Crippen molar-refractivity contribution in [2.45, 2.75) is 19.4 Å². The van der Waals surface area contributed by atoms with E-state index in [-0.39, 0.29) is 24.2 Å². The standard InChI is InChI=1S/C17H16Cl2FNO/c1-11(15-8-5-13(18)10-16(15)19)21(2)17(22)9-12-3-6-14(20)7-4-12/h3-8,10-11H,9H2,1-2H3. The first-order valence-electron chi connectivity index (χ1n) is 6.83. The Morgan fingerprint density at radius 1 is 1.18 bits per heavy atom. The average molecular weight is 340 g/mol. The SMILES string of the molecule is CC(c1ccc(Cl)cc1Cl)N(C)C(=O)Cc1ccc(F)cc1. The van der Waals surface area contributed by atoms with Crippen molar-refractivity contribution < 1.29 is 9.18 Å². The van der Waals surface area contributed by atoms with Gasteiger partial charge in [-0.2, -0.15) is 0 Å². The van der Waals surface area contributed by atoms with Crippen molar-refractivity contribution in [3.63, 3.8) is 0 Å². The largest absolute Gasteiger partial charge is 0.339 e. The van der Waals surface area contributed by atoms with Gasteiger partial charge in [-0.15, -0.1) is 0 Å². The van der Waals surface area contributed by atoms with Gasteiger partial charge in [-0.25, -0.2) is 4.39 Å². The van der Waals surface area contributed by atoms with Crippen molar-refractivity contribution in [1.29, 1.82) is 0 Å². The molecule has 2 rings (SSSR count). The highest BCUT2D eigenvalue weighted by atomic mass is 35.5. The lowest BCUT2D eigenvalue weighted by atomic mass is 10.1. The third-order valence-corrected chi connectivity index (χ3v) is 4.22. The third kappa shape index (κ3) is 3.99. The lowest BCUT2D eigenvalue weighted by molar-refractivity contribution is -0.131. The van der Waals surface area contributed by atoms with Gasteiger partial charge in [0.25, 0.3) is 0 Å². The van der Waals surface area contributed by atoms with Crippen molar-refractivity contribution in [2.75, 3.05) is 7.05 Å². The lowest BCUT2D eigenvalue weighted by Crippen LogP contribution is -2.31. The molecule has 2 aromatic carbocycles. The van der Waals surface area contributed by atoms with Crippen molar-refractivity contribution >= 4 is 29.1 Å². The zero-order valence-corrected chi connectivity index (χ0v) is 13.8. The normalized spacial score (nSPS) is 12.0. The number of amides is 1. The molecule has 0 N–H and O–H groups in total. The van der Waals surface area contributed by atoms with Crippen LogP contribution < -0.4 is 0 Å². The van der Waals surface area contributed by atoms with Crippen LogP contribution in [0.15, 0.2) is 42.5 Å². The van der Waals surface area contributed by atoms with E-state index >= 15 is 0 Å². The molecule has 22 heavy (non-hydrogen) atoms. The highest BCUT2D eigenvalue weighted by Gasteiger charge is 2.19. The summed E-state index contributed by atoms with van der Waals surface area (Å²) in [6.07, 6.45) is 0.215. The topological polar surface area (TPSA) is 20.3 Å². The van der Waals surface area contributed by atoms with E-state index in [1.807, 2.05) is 13.0 Å². The molecule has 1 amide bonds. The van der Waals surface area contributed by atoms with E-state index in [4.69, 9.17) is 23.2 Å². The van der Waals surface area contributed by atoms with Gasteiger partial charge in [-0.1, -0.05) is 41.4 Å². The van der Waals surface area contributed by atoms with Gasteiger partial charge in [0.1, 0.15) is 5.82 Å². The fraction of sp³-hybridized carbons (Fsp3) is 0.235. The van der Waals surface area contributed by atoms with Gasteiger partial charge in [0.15, 0.2) is 0 Å². The van der Waals surface area contributed by atoms with Gasteiger partial charge < -0.3 is 4.90 Å². The molecule has 1 atom stereocenters. The fourth-order valence-corrected chi connectivity index (χ4v) is 2.73. The predicted octanol–water partition coefficient (Wildman–Crippen LogP) is 4.89. The van der Waals surface area contributed by atoms with Crippen LogP contribution in [0.3, 0.4) is 0 Å². The average Bonchev–Trinajstić information content (AvgIpc) is 2.48. The molecule has 0 heterocycles. The summed E-state index contributed by atoms with van der Waals surface area (Å²) in [7, 11) is 1.72. The zero-order chi connectivity index (χ0) is 16.3. The Morgan fingerprint density at radius 2 is 1.82 bits per heavy atom. The number of hydrogen-bond donors (Lipinski definition) is 0. The van der Waals surface area contributed by atoms with E-state index in [0.717, 1.165) is 11.1 Å². The zero-order valence-electron chi connectivity index (χ0n) is 12.3. The second-order valence-corrected chi connectivity index (χ2v) is 5.99. The van der Waals surface area contributed by atoms with Crippen LogP contribution in [0.2, 0.25) is 10.0 Å². The minimum atomic E-state index is -0.314. The fourth-order valence-electron chi connectivity index (χ4n) is 2.17. The summed E-state index contributed by atoms with van der Waals surface area (Å²) in [5.41, 5.74) is 1.61. The highest BCUT2D eigenvalue weighted by molar-refractivity contribution is 6.35. The van der Waals surface area contributed by atoms with Crippen LogP contribution in [0.25, 0.3) is 0 Å². The highest BCUT2D eigenvalue weighted by Crippen LogP contribution is 2.29. The molecule has 0 aliphatic heterocycles. The van der Waals surface area contributed by atoms with Gasteiger partial charge >= 0.3 is 0 Å². The van der Waals surface area contributed by atoms with Crippen LogP contribution in [-0.4, -0.2) is 17.9 Å². The molecule has 116 valence electrons. The minimum absolute atomic E-state index is 0.0647. The molecule has 5 heteroatoms. The molecule has 0 radical (unpaired) electrons.